The van der Waals surface area contributed by atoms with Crippen molar-refractivity contribution in [2.75, 3.05) is 18.4 Å². The second-order valence-corrected chi connectivity index (χ2v) is 5.51. The van der Waals surface area contributed by atoms with E-state index in [0.717, 1.165) is 12.8 Å². The average Bonchev–Trinajstić information content (AvgIpc) is 2.44. The van der Waals surface area contributed by atoms with E-state index >= 15 is 0 Å². The maximum absolute atomic E-state index is 12.2. The summed E-state index contributed by atoms with van der Waals surface area (Å²) in [7, 11) is 0. The Morgan fingerprint density at radius 1 is 1.27 bits per heavy atom. The van der Waals surface area contributed by atoms with Crippen LogP contribution in [0.25, 0.3) is 0 Å². The number of para-hydroxylation sites is 2. The largest absolute Gasteiger partial charge is 0.489 e. The summed E-state index contributed by atoms with van der Waals surface area (Å²) in [5.41, 5.74) is 0.625. The Hall–Kier alpha value is -2.04. The first-order valence-corrected chi connectivity index (χ1v) is 7.75. The predicted molar refractivity (Wildman–Crippen MR) is 88.0 cm³/mol. The van der Waals surface area contributed by atoms with Gasteiger partial charge < -0.3 is 15.0 Å². The van der Waals surface area contributed by atoms with Gasteiger partial charge in [0.2, 0.25) is 11.8 Å². The molecule has 0 atom stereocenters. The number of carbonyl (C=O) groups is 2. The first-order valence-electron chi connectivity index (χ1n) is 7.75. The lowest BCUT2D eigenvalue weighted by Crippen LogP contribution is -2.37. The van der Waals surface area contributed by atoms with E-state index in [4.69, 9.17) is 4.74 Å². The molecular weight excluding hydrogens is 280 g/mol. The molecule has 5 nitrogen and oxygen atoms in total. The molecule has 1 aromatic rings. The molecule has 0 aliphatic rings. The summed E-state index contributed by atoms with van der Waals surface area (Å²) >= 11 is 0. The van der Waals surface area contributed by atoms with E-state index in [2.05, 4.69) is 12.2 Å². The van der Waals surface area contributed by atoms with E-state index in [1.165, 1.54) is 6.92 Å². The van der Waals surface area contributed by atoms with Crippen LogP contribution in [-0.2, 0) is 9.59 Å². The fourth-order valence-electron chi connectivity index (χ4n) is 1.99. The van der Waals surface area contributed by atoms with Gasteiger partial charge in [-0.3, -0.25) is 9.59 Å². The molecule has 0 fully saturated rings. The number of nitrogens with zero attached hydrogens (tertiary/aromatic N) is 1. The topological polar surface area (TPSA) is 58.6 Å². The Balaban J connectivity index is 2.69. The van der Waals surface area contributed by atoms with Crippen molar-refractivity contribution in [3.8, 4) is 5.75 Å². The second-order valence-electron chi connectivity index (χ2n) is 5.51. The zero-order chi connectivity index (χ0) is 16.5. The molecule has 122 valence electrons. The molecule has 1 rings (SSSR count). The van der Waals surface area contributed by atoms with Crippen LogP contribution in [0.15, 0.2) is 24.3 Å². The van der Waals surface area contributed by atoms with Gasteiger partial charge >= 0.3 is 0 Å². The van der Waals surface area contributed by atoms with Crippen LogP contribution in [0.4, 0.5) is 5.69 Å². The van der Waals surface area contributed by atoms with E-state index in [1.54, 1.807) is 11.0 Å². The average molecular weight is 306 g/mol. The van der Waals surface area contributed by atoms with Crippen LogP contribution in [0.3, 0.4) is 0 Å². The molecule has 0 aromatic heterocycles. The van der Waals surface area contributed by atoms with Crippen molar-refractivity contribution in [2.24, 2.45) is 0 Å². The number of ether oxygens (including phenoxy) is 1. The molecule has 22 heavy (non-hydrogen) atoms. The summed E-state index contributed by atoms with van der Waals surface area (Å²) in [5, 5.41) is 2.82. The third-order valence-electron chi connectivity index (χ3n) is 3.09. The van der Waals surface area contributed by atoms with Crippen LogP contribution in [-0.4, -0.2) is 35.9 Å². The van der Waals surface area contributed by atoms with Crippen LogP contribution in [0, 0.1) is 0 Å². The van der Waals surface area contributed by atoms with Gasteiger partial charge in [-0.15, -0.1) is 0 Å². The SMILES string of the molecule is CCCCN(CC(=O)Nc1ccccc1OC(C)C)C(C)=O. The number of hydrogen-bond donors (Lipinski definition) is 1. The van der Waals surface area contributed by atoms with Gasteiger partial charge in [0.15, 0.2) is 0 Å². The molecule has 2 amide bonds. The Morgan fingerprint density at radius 3 is 2.55 bits per heavy atom. The molecule has 0 aliphatic carbocycles. The Kier molecular flexibility index (Phi) is 7.43. The lowest BCUT2D eigenvalue weighted by atomic mass is 10.2. The summed E-state index contributed by atoms with van der Waals surface area (Å²) in [5.74, 6) is 0.329. The molecule has 0 aliphatic heterocycles. The smallest absolute Gasteiger partial charge is 0.244 e. The summed E-state index contributed by atoms with van der Waals surface area (Å²) < 4.78 is 5.67. The highest BCUT2D eigenvalue weighted by atomic mass is 16.5. The van der Waals surface area contributed by atoms with Gasteiger partial charge in [0.05, 0.1) is 18.3 Å². The van der Waals surface area contributed by atoms with E-state index in [0.29, 0.717) is 18.0 Å². The summed E-state index contributed by atoms with van der Waals surface area (Å²) in [6.07, 6.45) is 1.90. The zero-order valence-electron chi connectivity index (χ0n) is 13.9. The van der Waals surface area contributed by atoms with Gasteiger partial charge in [0.25, 0.3) is 0 Å². The molecule has 0 radical (unpaired) electrons. The quantitative estimate of drug-likeness (QED) is 0.803. The molecule has 0 spiro atoms. The van der Waals surface area contributed by atoms with Gasteiger partial charge in [-0.05, 0) is 32.4 Å². The Bertz CT molecular complexity index is 500. The number of benzene rings is 1. The maximum Gasteiger partial charge on any atom is 0.244 e. The molecule has 1 aromatic carbocycles. The minimum absolute atomic E-state index is 0.0244. The van der Waals surface area contributed by atoms with E-state index in [9.17, 15) is 9.59 Å². The monoisotopic (exact) mass is 306 g/mol. The van der Waals surface area contributed by atoms with Crippen LogP contribution >= 0.6 is 0 Å². The van der Waals surface area contributed by atoms with Gasteiger partial charge in [0, 0.05) is 13.5 Å². The number of hydrogen-bond acceptors (Lipinski definition) is 3. The number of carbonyl (C=O) groups excluding carboxylic acids is 2. The van der Waals surface area contributed by atoms with Gasteiger partial charge in [-0.1, -0.05) is 25.5 Å². The molecule has 0 saturated carbocycles. The number of rotatable bonds is 8. The normalized spacial score (nSPS) is 10.4. The Morgan fingerprint density at radius 2 is 1.95 bits per heavy atom. The molecule has 1 N–H and O–H groups in total. The van der Waals surface area contributed by atoms with E-state index in [-0.39, 0.29) is 24.5 Å². The third-order valence-corrected chi connectivity index (χ3v) is 3.09. The van der Waals surface area contributed by atoms with Gasteiger partial charge in [-0.2, -0.15) is 0 Å². The Labute approximate surface area is 132 Å². The number of nitrogens with one attached hydrogen (secondary N) is 1. The van der Waals surface area contributed by atoms with Crippen molar-refractivity contribution in [3.05, 3.63) is 24.3 Å². The number of amides is 2. The molecule has 0 saturated heterocycles. The lowest BCUT2D eigenvalue weighted by Gasteiger charge is -2.21. The highest BCUT2D eigenvalue weighted by Gasteiger charge is 2.14. The molecule has 5 heteroatoms. The maximum atomic E-state index is 12.2. The van der Waals surface area contributed by atoms with Crippen LogP contribution in [0.1, 0.15) is 40.5 Å². The van der Waals surface area contributed by atoms with Crippen molar-refractivity contribution < 1.29 is 14.3 Å². The standard InChI is InChI=1S/C17H26N2O3/c1-5-6-11-19(14(4)20)12-17(21)18-15-9-7-8-10-16(15)22-13(2)3/h7-10,13H,5-6,11-12H2,1-4H3,(H,18,21). The van der Waals surface area contributed by atoms with Crippen LogP contribution in [0.2, 0.25) is 0 Å². The number of unbranched alkanes of at least 4 members (excludes halogenated alkanes) is 1. The molecule has 0 bridgehead atoms. The minimum Gasteiger partial charge on any atom is -0.489 e. The molecule has 0 heterocycles. The minimum atomic E-state index is -0.217. The van der Waals surface area contributed by atoms with Gasteiger partial charge in [-0.25, -0.2) is 0 Å². The number of anilines is 1. The fourth-order valence-corrected chi connectivity index (χ4v) is 1.99. The highest BCUT2D eigenvalue weighted by Crippen LogP contribution is 2.24. The van der Waals surface area contributed by atoms with Crippen LogP contribution < -0.4 is 10.1 Å². The predicted octanol–water partition coefficient (Wildman–Crippen LogP) is 3.06. The van der Waals surface area contributed by atoms with Crippen molar-refractivity contribution >= 4 is 17.5 Å². The van der Waals surface area contributed by atoms with Crippen molar-refractivity contribution in [2.45, 2.75) is 46.6 Å². The first-order chi connectivity index (χ1) is 10.4. The first kappa shape index (κ1) is 18.0. The van der Waals surface area contributed by atoms with E-state index < -0.39 is 0 Å². The summed E-state index contributed by atoms with van der Waals surface area (Å²) in [6.45, 7) is 8.06. The van der Waals surface area contributed by atoms with Crippen LogP contribution in [0.5, 0.6) is 5.75 Å². The highest BCUT2D eigenvalue weighted by molar-refractivity contribution is 5.95. The molecule has 0 unspecified atom stereocenters. The second kappa shape index (κ2) is 9.07. The fraction of sp³-hybridized carbons (Fsp3) is 0.529. The zero-order valence-corrected chi connectivity index (χ0v) is 13.9. The molecular formula is C17H26N2O3. The third kappa shape index (κ3) is 6.16. The van der Waals surface area contributed by atoms with E-state index in [1.807, 2.05) is 32.0 Å². The lowest BCUT2D eigenvalue weighted by molar-refractivity contribution is -0.132. The van der Waals surface area contributed by atoms with Crippen molar-refractivity contribution in [1.29, 1.82) is 0 Å². The van der Waals surface area contributed by atoms with Gasteiger partial charge in [0.1, 0.15) is 5.75 Å². The summed E-state index contributed by atoms with van der Waals surface area (Å²) in [6, 6.07) is 7.30. The summed E-state index contributed by atoms with van der Waals surface area (Å²) in [4.78, 5) is 25.3. The van der Waals surface area contributed by atoms with Crippen molar-refractivity contribution in [1.82, 2.24) is 4.90 Å². The van der Waals surface area contributed by atoms with Crippen molar-refractivity contribution in [3.63, 3.8) is 0 Å².